The van der Waals surface area contributed by atoms with Crippen LogP contribution < -0.4 is 4.74 Å². The van der Waals surface area contributed by atoms with Gasteiger partial charge in [-0.25, -0.2) is 5.10 Å². The first-order valence-corrected chi connectivity index (χ1v) is 6.80. The van der Waals surface area contributed by atoms with Crippen molar-refractivity contribution in [3.63, 3.8) is 0 Å². The zero-order chi connectivity index (χ0) is 16.5. The summed E-state index contributed by atoms with van der Waals surface area (Å²) in [5.41, 5.74) is 0.328. The molecule has 0 fully saturated rings. The monoisotopic (exact) mass is 396 g/mol. The number of aromatic nitrogens is 3. The summed E-state index contributed by atoms with van der Waals surface area (Å²) in [7, 11) is 1.37. The highest BCUT2D eigenvalue weighted by atomic mass is 79.9. The summed E-state index contributed by atoms with van der Waals surface area (Å²) >= 11 is 7.82. The SMILES string of the molecule is COc1ccc(/C=N\n2c(C(F)(F)F)n[nH]c2=S)c(Br)c1O. The Morgan fingerprint density at radius 3 is 2.77 bits per heavy atom. The molecule has 2 N–H and O–H groups in total. The Kier molecular flexibility index (Phi) is 4.56. The van der Waals surface area contributed by atoms with E-state index in [1.807, 2.05) is 5.10 Å². The van der Waals surface area contributed by atoms with E-state index in [0.717, 1.165) is 6.21 Å². The Morgan fingerprint density at radius 2 is 2.18 bits per heavy atom. The van der Waals surface area contributed by atoms with Gasteiger partial charge in [0.15, 0.2) is 11.5 Å². The van der Waals surface area contributed by atoms with E-state index in [9.17, 15) is 18.3 Å². The van der Waals surface area contributed by atoms with Gasteiger partial charge in [-0.2, -0.15) is 22.9 Å². The molecule has 22 heavy (non-hydrogen) atoms. The van der Waals surface area contributed by atoms with Crippen LogP contribution in [0, 0.1) is 4.77 Å². The van der Waals surface area contributed by atoms with Crippen molar-refractivity contribution in [1.82, 2.24) is 14.9 Å². The van der Waals surface area contributed by atoms with Crippen LogP contribution in [0.5, 0.6) is 11.5 Å². The summed E-state index contributed by atoms with van der Waals surface area (Å²) in [6, 6.07) is 2.95. The number of benzene rings is 1. The lowest BCUT2D eigenvalue weighted by atomic mass is 10.2. The van der Waals surface area contributed by atoms with Crippen molar-refractivity contribution >= 4 is 34.4 Å². The van der Waals surface area contributed by atoms with Crippen LogP contribution in [0.3, 0.4) is 0 Å². The zero-order valence-corrected chi connectivity index (χ0v) is 13.3. The number of alkyl halides is 3. The molecular formula is C11H8BrF3N4O2S. The molecule has 0 atom stereocenters. The van der Waals surface area contributed by atoms with Crippen molar-refractivity contribution < 1.29 is 23.0 Å². The number of phenols is 1. The number of rotatable bonds is 3. The van der Waals surface area contributed by atoms with Crippen LogP contribution in [-0.4, -0.2) is 33.3 Å². The molecule has 0 amide bonds. The molecule has 118 valence electrons. The molecule has 0 unspecified atom stereocenters. The minimum atomic E-state index is -4.70. The first-order valence-electron chi connectivity index (χ1n) is 5.60. The van der Waals surface area contributed by atoms with Gasteiger partial charge in [0.2, 0.25) is 4.77 Å². The van der Waals surface area contributed by atoms with Crippen molar-refractivity contribution in [3.8, 4) is 11.5 Å². The van der Waals surface area contributed by atoms with Crippen LogP contribution in [0.1, 0.15) is 11.4 Å². The number of H-pyrrole nitrogens is 1. The Morgan fingerprint density at radius 1 is 1.50 bits per heavy atom. The van der Waals surface area contributed by atoms with Crippen LogP contribution in [0.15, 0.2) is 21.7 Å². The average Bonchev–Trinajstić information content (AvgIpc) is 2.82. The predicted octanol–water partition coefficient (Wildman–Crippen LogP) is 3.32. The summed E-state index contributed by atoms with van der Waals surface area (Å²) in [5, 5.41) is 18.6. The largest absolute Gasteiger partial charge is 0.503 e. The van der Waals surface area contributed by atoms with E-state index in [0.29, 0.717) is 10.2 Å². The topological polar surface area (TPSA) is 75.4 Å². The van der Waals surface area contributed by atoms with Crippen LogP contribution in [-0.2, 0) is 6.18 Å². The van der Waals surface area contributed by atoms with Crippen molar-refractivity contribution in [3.05, 3.63) is 32.8 Å². The zero-order valence-electron chi connectivity index (χ0n) is 10.8. The van der Waals surface area contributed by atoms with Gasteiger partial charge in [0, 0.05) is 5.56 Å². The number of nitrogens with zero attached hydrogens (tertiary/aromatic N) is 3. The molecule has 1 aromatic carbocycles. The molecular weight excluding hydrogens is 389 g/mol. The molecule has 0 aliphatic carbocycles. The van der Waals surface area contributed by atoms with Gasteiger partial charge in [0.1, 0.15) is 0 Å². The third-order valence-corrected chi connectivity index (χ3v) is 3.64. The Hall–Kier alpha value is -1.88. The number of aromatic hydroxyl groups is 1. The van der Waals surface area contributed by atoms with Gasteiger partial charge in [0.05, 0.1) is 17.8 Å². The van der Waals surface area contributed by atoms with E-state index in [1.54, 1.807) is 0 Å². The number of halogens is 4. The molecule has 0 radical (unpaired) electrons. The van der Waals surface area contributed by atoms with Gasteiger partial charge in [-0.05, 0) is 40.3 Å². The molecule has 0 saturated carbocycles. The standard InChI is InChI=1S/C11H8BrF3N4O2S/c1-21-6-3-2-5(7(12)8(6)20)4-16-19-9(11(13,14)15)17-18-10(19)22/h2-4,20H,1H3,(H,18,22)/b16-4-. The summed E-state index contributed by atoms with van der Waals surface area (Å²) in [6.45, 7) is 0. The number of aromatic amines is 1. The van der Waals surface area contributed by atoms with Gasteiger partial charge in [0.25, 0.3) is 5.82 Å². The predicted molar refractivity (Wildman–Crippen MR) is 77.8 cm³/mol. The summed E-state index contributed by atoms with van der Waals surface area (Å²) < 4.78 is 43.5. The Labute approximate surface area is 135 Å². The highest BCUT2D eigenvalue weighted by Crippen LogP contribution is 2.35. The van der Waals surface area contributed by atoms with Gasteiger partial charge < -0.3 is 9.84 Å². The number of nitrogens with one attached hydrogen (secondary N) is 1. The van der Waals surface area contributed by atoms with Crippen LogP contribution in [0.4, 0.5) is 13.2 Å². The minimum absolute atomic E-state index is 0.196. The third kappa shape index (κ3) is 3.14. The van der Waals surface area contributed by atoms with Gasteiger partial charge in [-0.15, -0.1) is 5.10 Å². The molecule has 2 aromatic rings. The molecule has 0 spiro atoms. The fourth-order valence-electron chi connectivity index (χ4n) is 1.53. The third-order valence-electron chi connectivity index (χ3n) is 2.55. The van der Waals surface area contributed by atoms with Crippen molar-refractivity contribution in [1.29, 1.82) is 0 Å². The second kappa shape index (κ2) is 6.08. The van der Waals surface area contributed by atoms with E-state index in [2.05, 4.69) is 26.1 Å². The van der Waals surface area contributed by atoms with E-state index < -0.39 is 12.0 Å². The lowest BCUT2D eigenvalue weighted by molar-refractivity contribution is -0.147. The normalized spacial score (nSPS) is 12.0. The van der Waals surface area contributed by atoms with Gasteiger partial charge in [-0.3, -0.25) is 0 Å². The Balaban J connectivity index is 2.45. The fourth-order valence-corrected chi connectivity index (χ4v) is 2.14. The van der Waals surface area contributed by atoms with Crippen LogP contribution in [0.2, 0.25) is 0 Å². The maximum Gasteiger partial charge on any atom is 0.453 e. The first kappa shape index (κ1) is 16.5. The molecule has 1 heterocycles. The van der Waals surface area contributed by atoms with Crippen LogP contribution in [0.25, 0.3) is 0 Å². The Bertz CT molecular complexity index is 785. The number of hydrogen-bond donors (Lipinski definition) is 2. The molecule has 1 aromatic heterocycles. The van der Waals surface area contributed by atoms with Gasteiger partial charge >= 0.3 is 6.18 Å². The van der Waals surface area contributed by atoms with Crippen molar-refractivity contribution in [2.75, 3.05) is 7.11 Å². The fraction of sp³-hybridized carbons (Fsp3) is 0.182. The summed E-state index contributed by atoms with van der Waals surface area (Å²) in [6.07, 6.45) is -3.60. The summed E-state index contributed by atoms with van der Waals surface area (Å²) in [5.74, 6) is -1.26. The average molecular weight is 397 g/mol. The second-order valence-corrected chi connectivity index (χ2v) is 5.11. The number of hydrogen-bond acceptors (Lipinski definition) is 5. The number of ether oxygens (including phenoxy) is 1. The highest BCUT2D eigenvalue weighted by molar-refractivity contribution is 9.10. The quantitative estimate of drug-likeness (QED) is 0.616. The molecule has 6 nitrogen and oxygen atoms in total. The van der Waals surface area contributed by atoms with Crippen LogP contribution >= 0.6 is 28.1 Å². The molecule has 0 saturated heterocycles. The maximum absolute atomic E-state index is 12.7. The molecule has 0 bridgehead atoms. The number of phenolic OH excluding ortho intramolecular Hbond substituents is 1. The maximum atomic E-state index is 12.7. The van der Waals surface area contributed by atoms with E-state index in [1.165, 1.54) is 19.2 Å². The van der Waals surface area contributed by atoms with Crippen molar-refractivity contribution in [2.24, 2.45) is 5.10 Å². The van der Waals surface area contributed by atoms with E-state index >= 15 is 0 Å². The second-order valence-electron chi connectivity index (χ2n) is 3.93. The molecule has 11 heteroatoms. The lowest BCUT2D eigenvalue weighted by Crippen LogP contribution is -2.12. The molecule has 0 aliphatic rings. The van der Waals surface area contributed by atoms with E-state index in [-0.39, 0.29) is 20.7 Å². The number of methoxy groups -OCH3 is 1. The minimum Gasteiger partial charge on any atom is -0.503 e. The first-order chi connectivity index (χ1) is 10.3. The van der Waals surface area contributed by atoms with Gasteiger partial charge in [-0.1, -0.05) is 0 Å². The summed E-state index contributed by atoms with van der Waals surface area (Å²) in [4.78, 5) is 0. The highest BCUT2D eigenvalue weighted by Gasteiger charge is 2.37. The van der Waals surface area contributed by atoms with E-state index in [4.69, 9.17) is 17.0 Å². The lowest BCUT2D eigenvalue weighted by Gasteiger charge is -2.07. The molecule has 0 aliphatic heterocycles. The molecule has 2 rings (SSSR count). The smallest absolute Gasteiger partial charge is 0.453 e. The van der Waals surface area contributed by atoms with Crippen molar-refractivity contribution in [2.45, 2.75) is 6.18 Å².